The quantitative estimate of drug-likeness (QED) is 0.835. The van der Waals surface area contributed by atoms with Gasteiger partial charge in [0.2, 0.25) is 0 Å². The van der Waals surface area contributed by atoms with Crippen LogP contribution in [0.2, 0.25) is 0 Å². The van der Waals surface area contributed by atoms with Crippen LogP contribution in [0.25, 0.3) is 0 Å². The van der Waals surface area contributed by atoms with Gasteiger partial charge in [-0.1, -0.05) is 18.8 Å². The molecule has 1 unspecified atom stereocenters. The van der Waals surface area contributed by atoms with Crippen LogP contribution in [0.5, 0.6) is 5.75 Å². The van der Waals surface area contributed by atoms with Crippen LogP contribution >= 0.6 is 0 Å². The lowest BCUT2D eigenvalue weighted by Crippen LogP contribution is -2.46. The minimum atomic E-state index is -0.115. The Kier molecular flexibility index (Phi) is 6.55. The Morgan fingerprint density at radius 1 is 1.38 bits per heavy atom. The second-order valence-corrected chi connectivity index (χ2v) is 5.01. The van der Waals surface area contributed by atoms with E-state index in [1.165, 1.54) is 0 Å². The Hall–Kier alpha value is -1.54. The lowest BCUT2D eigenvalue weighted by Gasteiger charge is -2.34. The van der Waals surface area contributed by atoms with Gasteiger partial charge >= 0.3 is 0 Å². The number of nitrogens with zero attached hydrogens (tertiary/aromatic N) is 1. The zero-order chi connectivity index (χ0) is 14.9. The standard InChI is InChI=1S/C17H23NO3/c1-2-16-14-20-12-9-18(16)10-13-21-17-7-5-15(6-8-17)4-3-11-19/h5-8,16,19H,2,9-14H2,1H3. The summed E-state index contributed by atoms with van der Waals surface area (Å²) in [7, 11) is 0. The van der Waals surface area contributed by atoms with E-state index >= 15 is 0 Å². The van der Waals surface area contributed by atoms with Crippen LogP contribution in [-0.4, -0.2) is 55.6 Å². The van der Waals surface area contributed by atoms with Gasteiger partial charge in [-0.2, -0.15) is 0 Å². The summed E-state index contributed by atoms with van der Waals surface area (Å²) in [5.41, 5.74) is 0.885. The van der Waals surface area contributed by atoms with E-state index in [0.717, 1.165) is 44.0 Å². The predicted molar refractivity (Wildman–Crippen MR) is 82.4 cm³/mol. The van der Waals surface area contributed by atoms with Gasteiger partial charge in [-0.3, -0.25) is 4.90 Å². The summed E-state index contributed by atoms with van der Waals surface area (Å²) < 4.78 is 11.3. The SMILES string of the molecule is CCC1COCCN1CCOc1ccc(C#CCO)cc1. The fraction of sp³-hybridized carbons (Fsp3) is 0.529. The molecule has 1 aliphatic rings. The van der Waals surface area contributed by atoms with Gasteiger partial charge in [0.15, 0.2) is 0 Å². The maximum atomic E-state index is 8.65. The molecule has 1 aliphatic heterocycles. The third-order valence-corrected chi connectivity index (χ3v) is 3.63. The average molecular weight is 289 g/mol. The number of aliphatic hydroxyl groups is 1. The van der Waals surface area contributed by atoms with E-state index in [-0.39, 0.29) is 6.61 Å². The fourth-order valence-corrected chi connectivity index (χ4v) is 2.42. The highest BCUT2D eigenvalue weighted by Gasteiger charge is 2.20. The monoisotopic (exact) mass is 289 g/mol. The molecule has 4 nitrogen and oxygen atoms in total. The number of ether oxygens (including phenoxy) is 2. The van der Waals surface area contributed by atoms with Crippen molar-refractivity contribution in [3.8, 4) is 17.6 Å². The molecule has 0 amide bonds. The first-order valence-electron chi connectivity index (χ1n) is 7.48. The molecule has 4 heteroatoms. The van der Waals surface area contributed by atoms with Crippen LogP contribution in [0.3, 0.4) is 0 Å². The van der Waals surface area contributed by atoms with Crippen LogP contribution in [0.4, 0.5) is 0 Å². The van der Waals surface area contributed by atoms with Crippen LogP contribution in [0.1, 0.15) is 18.9 Å². The second-order valence-electron chi connectivity index (χ2n) is 5.01. The largest absolute Gasteiger partial charge is 0.492 e. The molecule has 0 aromatic heterocycles. The number of rotatable bonds is 5. The molecule has 0 radical (unpaired) electrons. The average Bonchev–Trinajstić information content (AvgIpc) is 2.54. The minimum absolute atomic E-state index is 0.115. The molecule has 0 aliphatic carbocycles. The maximum Gasteiger partial charge on any atom is 0.119 e. The minimum Gasteiger partial charge on any atom is -0.492 e. The van der Waals surface area contributed by atoms with Crippen molar-refractivity contribution in [3.63, 3.8) is 0 Å². The van der Waals surface area contributed by atoms with Crippen molar-refractivity contribution in [1.82, 2.24) is 4.90 Å². The van der Waals surface area contributed by atoms with Crippen molar-refractivity contribution < 1.29 is 14.6 Å². The number of benzene rings is 1. The highest BCUT2D eigenvalue weighted by molar-refractivity contribution is 5.38. The van der Waals surface area contributed by atoms with E-state index in [4.69, 9.17) is 14.6 Å². The van der Waals surface area contributed by atoms with E-state index < -0.39 is 0 Å². The first kappa shape index (κ1) is 15.8. The van der Waals surface area contributed by atoms with E-state index in [9.17, 15) is 0 Å². The Morgan fingerprint density at radius 2 is 2.19 bits per heavy atom. The van der Waals surface area contributed by atoms with Gasteiger partial charge in [0.1, 0.15) is 19.0 Å². The van der Waals surface area contributed by atoms with Crippen molar-refractivity contribution in [1.29, 1.82) is 0 Å². The molecule has 2 rings (SSSR count). The van der Waals surface area contributed by atoms with Crippen molar-refractivity contribution >= 4 is 0 Å². The van der Waals surface area contributed by atoms with Gasteiger partial charge in [0.05, 0.1) is 13.2 Å². The van der Waals surface area contributed by atoms with Gasteiger partial charge < -0.3 is 14.6 Å². The molecule has 0 saturated carbocycles. The summed E-state index contributed by atoms with van der Waals surface area (Å²) in [5, 5.41) is 8.65. The Balaban J connectivity index is 1.77. The van der Waals surface area contributed by atoms with Gasteiger partial charge in [-0.25, -0.2) is 0 Å². The molecular formula is C17H23NO3. The molecule has 1 N–H and O–H groups in total. The van der Waals surface area contributed by atoms with E-state index in [2.05, 4.69) is 23.7 Å². The van der Waals surface area contributed by atoms with Crippen LogP contribution in [-0.2, 0) is 4.74 Å². The molecule has 1 aromatic carbocycles. The van der Waals surface area contributed by atoms with Crippen molar-refractivity contribution in [2.45, 2.75) is 19.4 Å². The van der Waals surface area contributed by atoms with Gasteiger partial charge in [-0.15, -0.1) is 0 Å². The first-order chi connectivity index (χ1) is 10.3. The van der Waals surface area contributed by atoms with E-state index in [1.54, 1.807) is 0 Å². The fourth-order valence-electron chi connectivity index (χ4n) is 2.42. The van der Waals surface area contributed by atoms with Gasteiger partial charge in [0, 0.05) is 24.7 Å². The number of morpholine rings is 1. The van der Waals surface area contributed by atoms with E-state index in [1.807, 2.05) is 24.3 Å². The molecule has 1 saturated heterocycles. The number of hydrogen-bond acceptors (Lipinski definition) is 4. The van der Waals surface area contributed by atoms with Gasteiger partial charge in [-0.05, 0) is 30.7 Å². The molecule has 1 heterocycles. The van der Waals surface area contributed by atoms with Crippen molar-refractivity contribution in [3.05, 3.63) is 29.8 Å². The van der Waals surface area contributed by atoms with E-state index in [0.29, 0.717) is 12.6 Å². The summed E-state index contributed by atoms with van der Waals surface area (Å²) in [4.78, 5) is 2.44. The zero-order valence-corrected chi connectivity index (χ0v) is 12.5. The lowest BCUT2D eigenvalue weighted by atomic mass is 10.2. The summed E-state index contributed by atoms with van der Waals surface area (Å²) in [6.07, 6.45) is 1.11. The van der Waals surface area contributed by atoms with Crippen LogP contribution < -0.4 is 4.74 Å². The summed E-state index contributed by atoms with van der Waals surface area (Å²) in [6, 6.07) is 8.15. The molecule has 1 atom stereocenters. The molecule has 21 heavy (non-hydrogen) atoms. The van der Waals surface area contributed by atoms with Gasteiger partial charge in [0.25, 0.3) is 0 Å². The first-order valence-corrected chi connectivity index (χ1v) is 7.48. The smallest absolute Gasteiger partial charge is 0.119 e. The lowest BCUT2D eigenvalue weighted by molar-refractivity contribution is -0.0132. The Morgan fingerprint density at radius 3 is 2.90 bits per heavy atom. The zero-order valence-electron chi connectivity index (χ0n) is 12.5. The second kappa shape index (κ2) is 8.68. The molecular weight excluding hydrogens is 266 g/mol. The van der Waals surface area contributed by atoms with Crippen LogP contribution in [0.15, 0.2) is 24.3 Å². The van der Waals surface area contributed by atoms with Crippen LogP contribution in [0, 0.1) is 11.8 Å². The Bertz CT molecular complexity index is 475. The topological polar surface area (TPSA) is 41.9 Å². The molecule has 0 bridgehead atoms. The third-order valence-electron chi connectivity index (χ3n) is 3.63. The molecule has 1 aromatic rings. The highest BCUT2D eigenvalue weighted by atomic mass is 16.5. The normalized spacial score (nSPS) is 18.9. The summed E-state index contributed by atoms with van der Waals surface area (Å²) in [5.74, 6) is 6.35. The molecule has 0 spiro atoms. The maximum absolute atomic E-state index is 8.65. The Labute approximate surface area is 126 Å². The molecule has 1 fully saturated rings. The number of aliphatic hydroxyl groups excluding tert-OH is 1. The summed E-state index contributed by atoms with van der Waals surface area (Å²) in [6.45, 7) is 6.31. The molecule has 114 valence electrons. The third kappa shape index (κ3) is 5.05. The number of hydrogen-bond donors (Lipinski definition) is 1. The van der Waals surface area contributed by atoms with Crippen molar-refractivity contribution in [2.24, 2.45) is 0 Å². The summed E-state index contributed by atoms with van der Waals surface area (Å²) >= 11 is 0. The van der Waals surface area contributed by atoms with Crippen molar-refractivity contribution in [2.75, 3.05) is 39.5 Å². The predicted octanol–water partition coefficient (Wildman–Crippen LogP) is 1.52. The highest BCUT2D eigenvalue weighted by Crippen LogP contribution is 2.13.